The number of H-pyrrole nitrogens is 1. The summed E-state index contributed by atoms with van der Waals surface area (Å²) >= 11 is 0. The molecule has 0 aliphatic heterocycles. The van der Waals surface area contributed by atoms with Gasteiger partial charge in [-0.2, -0.15) is 5.10 Å². The SMILES string of the molecule is COc1cc(/C=N/NC(=O)CCc2nc3ccccc3[nH]c2=O)cc(OC)c1OC. The molecule has 0 bridgehead atoms. The van der Waals surface area contributed by atoms with Crippen molar-refractivity contribution in [1.82, 2.24) is 15.4 Å². The summed E-state index contributed by atoms with van der Waals surface area (Å²) in [6.45, 7) is 0. The average Bonchev–Trinajstić information content (AvgIpc) is 2.76. The fraction of sp³-hybridized carbons (Fsp3) is 0.238. The number of aromatic amines is 1. The van der Waals surface area contributed by atoms with Crippen LogP contribution in [0.3, 0.4) is 0 Å². The Bertz CT molecular complexity index is 1110. The Labute approximate surface area is 172 Å². The quantitative estimate of drug-likeness (QED) is 0.434. The molecule has 30 heavy (non-hydrogen) atoms. The number of benzene rings is 2. The van der Waals surface area contributed by atoms with E-state index in [4.69, 9.17) is 14.2 Å². The van der Waals surface area contributed by atoms with Crippen molar-refractivity contribution in [1.29, 1.82) is 0 Å². The van der Waals surface area contributed by atoms with Gasteiger partial charge in [-0.1, -0.05) is 12.1 Å². The van der Waals surface area contributed by atoms with Gasteiger partial charge in [-0.25, -0.2) is 10.4 Å². The van der Waals surface area contributed by atoms with Gasteiger partial charge < -0.3 is 19.2 Å². The Morgan fingerprint density at radius 3 is 2.50 bits per heavy atom. The lowest BCUT2D eigenvalue weighted by atomic mass is 10.2. The minimum atomic E-state index is -0.340. The number of para-hydroxylation sites is 2. The molecule has 3 aromatic rings. The molecule has 0 radical (unpaired) electrons. The van der Waals surface area contributed by atoms with Crippen molar-refractivity contribution in [2.45, 2.75) is 12.8 Å². The number of aromatic nitrogens is 2. The first-order valence-electron chi connectivity index (χ1n) is 9.15. The van der Waals surface area contributed by atoms with Crippen molar-refractivity contribution < 1.29 is 19.0 Å². The predicted octanol–water partition coefficient (Wildman–Crippen LogP) is 2.03. The number of amides is 1. The summed E-state index contributed by atoms with van der Waals surface area (Å²) in [5, 5.41) is 3.95. The van der Waals surface area contributed by atoms with Crippen LogP contribution in [-0.2, 0) is 11.2 Å². The number of fused-ring (bicyclic) bond motifs is 1. The highest BCUT2D eigenvalue weighted by Gasteiger charge is 2.12. The zero-order valence-corrected chi connectivity index (χ0v) is 16.9. The van der Waals surface area contributed by atoms with Crippen LogP contribution in [0, 0.1) is 0 Å². The Balaban J connectivity index is 1.63. The van der Waals surface area contributed by atoms with E-state index in [0.29, 0.717) is 39.5 Å². The minimum absolute atomic E-state index is 0.0705. The monoisotopic (exact) mass is 410 g/mol. The lowest BCUT2D eigenvalue weighted by molar-refractivity contribution is -0.121. The molecule has 9 heteroatoms. The topological polar surface area (TPSA) is 115 Å². The normalized spacial score (nSPS) is 10.9. The molecule has 0 spiro atoms. The standard InChI is InChI=1S/C21H22N4O5/c1-28-17-10-13(11-18(29-2)20(17)30-3)12-22-25-19(26)9-8-16-21(27)24-15-7-5-4-6-14(15)23-16/h4-7,10-12H,8-9H2,1-3H3,(H,24,27)(H,25,26)/b22-12+. The first-order chi connectivity index (χ1) is 14.5. The van der Waals surface area contributed by atoms with Gasteiger partial charge in [0.1, 0.15) is 5.69 Å². The maximum Gasteiger partial charge on any atom is 0.270 e. The lowest BCUT2D eigenvalue weighted by Gasteiger charge is -2.12. The van der Waals surface area contributed by atoms with Crippen LogP contribution in [0.15, 0.2) is 46.3 Å². The number of nitrogens with zero attached hydrogens (tertiary/aromatic N) is 2. The van der Waals surface area contributed by atoms with Gasteiger partial charge in [0.2, 0.25) is 11.7 Å². The molecule has 0 saturated heterocycles. The van der Waals surface area contributed by atoms with E-state index in [1.807, 2.05) is 12.1 Å². The van der Waals surface area contributed by atoms with Crippen molar-refractivity contribution >= 4 is 23.2 Å². The smallest absolute Gasteiger partial charge is 0.270 e. The molecule has 9 nitrogen and oxygen atoms in total. The first-order valence-corrected chi connectivity index (χ1v) is 9.15. The van der Waals surface area contributed by atoms with Crippen molar-refractivity contribution in [2.75, 3.05) is 21.3 Å². The minimum Gasteiger partial charge on any atom is -0.493 e. The zero-order valence-electron chi connectivity index (χ0n) is 16.9. The van der Waals surface area contributed by atoms with Crippen LogP contribution < -0.4 is 25.2 Å². The van der Waals surface area contributed by atoms with Crippen molar-refractivity contribution in [3.05, 3.63) is 58.0 Å². The second kappa shape index (κ2) is 9.55. The number of hydrogen-bond acceptors (Lipinski definition) is 7. The van der Waals surface area contributed by atoms with E-state index < -0.39 is 0 Å². The highest BCUT2D eigenvalue weighted by atomic mass is 16.5. The summed E-state index contributed by atoms with van der Waals surface area (Å²) in [5.41, 5.74) is 4.42. The van der Waals surface area contributed by atoms with E-state index in [2.05, 4.69) is 20.5 Å². The van der Waals surface area contributed by atoms with Gasteiger partial charge in [-0.3, -0.25) is 9.59 Å². The third kappa shape index (κ3) is 4.75. The third-order valence-corrected chi connectivity index (χ3v) is 4.35. The predicted molar refractivity (Wildman–Crippen MR) is 113 cm³/mol. The van der Waals surface area contributed by atoms with Crippen LogP contribution in [0.4, 0.5) is 0 Å². The Morgan fingerprint density at radius 2 is 1.83 bits per heavy atom. The van der Waals surface area contributed by atoms with Crippen molar-refractivity contribution in [3.8, 4) is 17.2 Å². The average molecular weight is 410 g/mol. The maximum absolute atomic E-state index is 12.1. The van der Waals surface area contributed by atoms with Crippen LogP contribution in [0.2, 0.25) is 0 Å². The second-order valence-corrected chi connectivity index (χ2v) is 6.28. The summed E-state index contributed by atoms with van der Waals surface area (Å²) < 4.78 is 15.8. The maximum atomic E-state index is 12.1. The van der Waals surface area contributed by atoms with Crippen LogP contribution in [0.5, 0.6) is 17.2 Å². The third-order valence-electron chi connectivity index (χ3n) is 4.35. The summed E-state index contributed by atoms with van der Waals surface area (Å²) in [4.78, 5) is 31.3. The van der Waals surface area contributed by atoms with Gasteiger partial charge in [-0.15, -0.1) is 0 Å². The molecule has 0 saturated carbocycles. The van der Waals surface area contributed by atoms with E-state index in [0.717, 1.165) is 0 Å². The van der Waals surface area contributed by atoms with Gasteiger partial charge in [0.05, 0.1) is 38.6 Å². The first kappa shape index (κ1) is 20.8. The molecule has 2 aromatic carbocycles. The van der Waals surface area contributed by atoms with Crippen LogP contribution in [-0.4, -0.2) is 43.4 Å². The summed E-state index contributed by atoms with van der Waals surface area (Å²) in [5.74, 6) is 1.08. The molecule has 0 atom stereocenters. The number of carbonyl (C=O) groups excluding carboxylic acids is 1. The van der Waals surface area contributed by atoms with Crippen molar-refractivity contribution in [3.63, 3.8) is 0 Å². The highest BCUT2D eigenvalue weighted by Crippen LogP contribution is 2.37. The molecule has 0 fully saturated rings. The van der Waals surface area contributed by atoms with Crippen molar-refractivity contribution in [2.24, 2.45) is 5.10 Å². The van der Waals surface area contributed by atoms with E-state index in [9.17, 15) is 9.59 Å². The number of rotatable bonds is 8. The van der Waals surface area contributed by atoms with Crippen LogP contribution in [0.25, 0.3) is 11.0 Å². The van der Waals surface area contributed by atoms with E-state index in [1.54, 1.807) is 24.3 Å². The summed E-state index contributed by atoms with van der Waals surface area (Å²) in [7, 11) is 4.55. The van der Waals surface area contributed by atoms with Crippen LogP contribution >= 0.6 is 0 Å². The zero-order chi connectivity index (χ0) is 21.5. The number of hydrogen-bond donors (Lipinski definition) is 2. The van der Waals surface area contributed by atoms with Gasteiger partial charge in [-0.05, 0) is 24.3 Å². The van der Waals surface area contributed by atoms with Gasteiger partial charge >= 0.3 is 0 Å². The van der Waals surface area contributed by atoms with Gasteiger partial charge in [0.15, 0.2) is 11.5 Å². The number of ether oxygens (including phenoxy) is 3. The van der Waals surface area contributed by atoms with Crippen LogP contribution in [0.1, 0.15) is 17.7 Å². The number of carbonyl (C=O) groups is 1. The van der Waals surface area contributed by atoms with E-state index in [-0.39, 0.29) is 24.3 Å². The summed E-state index contributed by atoms with van der Waals surface area (Å²) in [6.07, 6.45) is 1.73. The Morgan fingerprint density at radius 1 is 1.13 bits per heavy atom. The molecular formula is C21H22N4O5. The Hall–Kier alpha value is -3.88. The molecular weight excluding hydrogens is 388 g/mol. The number of methoxy groups -OCH3 is 3. The molecule has 1 heterocycles. The molecule has 1 aromatic heterocycles. The fourth-order valence-corrected chi connectivity index (χ4v) is 2.88. The van der Waals surface area contributed by atoms with Gasteiger partial charge in [0, 0.05) is 18.4 Å². The summed E-state index contributed by atoms with van der Waals surface area (Å²) in [6, 6.07) is 10.6. The largest absolute Gasteiger partial charge is 0.493 e. The van der Waals surface area contributed by atoms with E-state index >= 15 is 0 Å². The molecule has 0 unspecified atom stereocenters. The number of hydrazone groups is 1. The second-order valence-electron chi connectivity index (χ2n) is 6.28. The molecule has 2 N–H and O–H groups in total. The molecule has 1 amide bonds. The highest BCUT2D eigenvalue weighted by molar-refractivity contribution is 5.84. The van der Waals surface area contributed by atoms with Gasteiger partial charge in [0.25, 0.3) is 5.56 Å². The molecule has 0 aliphatic rings. The Kier molecular flexibility index (Phi) is 6.63. The van der Waals surface area contributed by atoms with E-state index in [1.165, 1.54) is 27.5 Å². The molecule has 0 aliphatic carbocycles. The number of nitrogens with one attached hydrogen (secondary N) is 2. The number of aryl methyl sites for hydroxylation is 1. The molecule has 156 valence electrons. The molecule has 3 rings (SSSR count). The lowest BCUT2D eigenvalue weighted by Crippen LogP contribution is -2.21. The fourth-order valence-electron chi connectivity index (χ4n) is 2.88.